The number of carbonyl (C=O) groups excluding carboxylic acids is 3. The van der Waals surface area contributed by atoms with Crippen molar-refractivity contribution in [2.24, 2.45) is 0 Å². The van der Waals surface area contributed by atoms with Gasteiger partial charge in [-0.05, 0) is 49.7 Å². The first-order valence-electron chi connectivity index (χ1n) is 15.1. The maximum atomic E-state index is 14.2. The van der Waals surface area contributed by atoms with Crippen LogP contribution in [0.4, 0.5) is 8.78 Å². The second-order valence-corrected chi connectivity index (χ2v) is 12.6. The molecule has 1 aromatic rings. The van der Waals surface area contributed by atoms with Gasteiger partial charge in [-0.1, -0.05) is 37.1 Å². The fraction of sp³-hybridized carbons (Fsp3) is 0.700. The SMILES string of the molecule is O=C1Cc2ccccc2CNC(=O)[C@@H]2C[C@H](NC3CCC(F)(F)CC3)CN2C(=O)[C@@H]2C[C@@H](CN2C2CCCC2)N1. The summed E-state index contributed by atoms with van der Waals surface area (Å²) in [6.07, 6.45) is 6.10. The van der Waals surface area contributed by atoms with Gasteiger partial charge >= 0.3 is 0 Å². The number of amides is 3. The maximum absolute atomic E-state index is 14.2. The molecule has 0 spiro atoms. The van der Waals surface area contributed by atoms with Crippen LogP contribution in [0.1, 0.15) is 75.3 Å². The van der Waals surface area contributed by atoms with Crippen LogP contribution in [0.2, 0.25) is 0 Å². The molecule has 2 saturated heterocycles. The normalized spacial score (nSPS) is 32.4. The van der Waals surface area contributed by atoms with Crippen LogP contribution in [0.25, 0.3) is 0 Å². The van der Waals surface area contributed by atoms with Gasteiger partial charge in [0.15, 0.2) is 0 Å². The van der Waals surface area contributed by atoms with Crippen molar-refractivity contribution in [3.63, 3.8) is 0 Å². The lowest BCUT2D eigenvalue weighted by Gasteiger charge is -2.34. The number of alkyl halides is 2. The summed E-state index contributed by atoms with van der Waals surface area (Å²) in [5.41, 5.74) is 1.76. The van der Waals surface area contributed by atoms with Gasteiger partial charge in [0.25, 0.3) is 0 Å². The zero-order chi connectivity index (χ0) is 27.9. The van der Waals surface area contributed by atoms with E-state index in [1.54, 1.807) is 4.90 Å². The highest BCUT2D eigenvalue weighted by Gasteiger charge is 2.48. The number of likely N-dealkylation sites (tertiary alicyclic amines) is 1. The third-order valence-electron chi connectivity index (χ3n) is 9.78. The van der Waals surface area contributed by atoms with E-state index in [-0.39, 0.29) is 67.7 Å². The largest absolute Gasteiger partial charge is 0.352 e. The first kappa shape index (κ1) is 27.6. The Hall–Kier alpha value is -2.59. The van der Waals surface area contributed by atoms with E-state index >= 15 is 0 Å². The van der Waals surface area contributed by atoms with Gasteiger partial charge in [-0.2, -0.15) is 0 Å². The van der Waals surface area contributed by atoms with E-state index in [2.05, 4.69) is 20.9 Å². The van der Waals surface area contributed by atoms with E-state index in [4.69, 9.17) is 0 Å². The van der Waals surface area contributed by atoms with Crippen molar-refractivity contribution >= 4 is 17.7 Å². The number of rotatable bonds is 3. The van der Waals surface area contributed by atoms with E-state index in [1.807, 2.05) is 24.3 Å². The van der Waals surface area contributed by atoms with Crippen molar-refractivity contribution in [3.8, 4) is 0 Å². The van der Waals surface area contributed by atoms with Crippen LogP contribution in [0.3, 0.4) is 0 Å². The molecule has 1 aromatic carbocycles. The maximum Gasteiger partial charge on any atom is 0.248 e. The summed E-state index contributed by atoms with van der Waals surface area (Å²) in [6, 6.07) is 6.66. The Morgan fingerprint density at radius 2 is 1.60 bits per heavy atom. The summed E-state index contributed by atoms with van der Waals surface area (Å²) in [4.78, 5) is 44.9. The number of halogens is 2. The number of nitrogens with zero attached hydrogens (tertiary/aromatic N) is 2. The summed E-state index contributed by atoms with van der Waals surface area (Å²) in [5, 5.41) is 9.76. The highest BCUT2D eigenvalue weighted by Crippen LogP contribution is 2.35. The van der Waals surface area contributed by atoms with Crippen molar-refractivity contribution in [2.75, 3.05) is 13.1 Å². The molecule has 40 heavy (non-hydrogen) atoms. The van der Waals surface area contributed by atoms with Gasteiger partial charge in [0, 0.05) is 56.6 Å². The zero-order valence-electron chi connectivity index (χ0n) is 23.0. The minimum absolute atomic E-state index is 0.0366. The molecule has 218 valence electrons. The van der Waals surface area contributed by atoms with Crippen LogP contribution in [0, 0.1) is 0 Å². The van der Waals surface area contributed by atoms with E-state index in [0.29, 0.717) is 44.8 Å². The smallest absolute Gasteiger partial charge is 0.248 e. The number of hydrogen-bond acceptors (Lipinski definition) is 5. The van der Waals surface area contributed by atoms with Crippen molar-refractivity contribution < 1.29 is 23.2 Å². The van der Waals surface area contributed by atoms with Crippen molar-refractivity contribution in [1.29, 1.82) is 0 Å². The molecule has 4 atom stereocenters. The van der Waals surface area contributed by atoms with Gasteiger partial charge in [-0.25, -0.2) is 8.78 Å². The second kappa shape index (κ2) is 11.4. The highest BCUT2D eigenvalue weighted by atomic mass is 19.3. The lowest BCUT2D eigenvalue weighted by atomic mass is 9.91. The molecule has 5 aliphatic rings. The van der Waals surface area contributed by atoms with E-state index < -0.39 is 12.0 Å². The topological polar surface area (TPSA) is 93.8 Å². The first-order chi connectivity index (χ1) is 19.3. The molecule has 8 nitrogen and oxygen atoms in total. The van der Waals surface area contributed by atoms with Crippen molar-refractivity contribution in [2.45, 2.75) is 119 Å². The third-order valence-corrected chi connectivity index (χ3v) is 9.78. The van der Waals surface area contributed by atoms with Crippen LogP contribution in [0.5, 0.6) is 0 Å². The summed E-state index contributed by atoms with van der Waals surface area (Å²) in [6.45, 7) is 1.29. The Morgan fingerprint density at radius 3 is 2.35 bits per heavy atom. The zero-order valence-corrected chi connectivity index (χ0v) is 23.0. The molecule has 3 amide bonds. The van der Waals surface area contributed by atoms with Crippen LogP contribution in [-0.4, -0.2) is 82.8 Å². The molecule has 3 aliphatic heterocycles. The molecule has 2 bridgehead atoms. The molecular formula is C30H41F2N5O3. The Bertz CT molecular complexity index is 1120. The summed E-state index contributed by atoms with van der Waals surface area (Å²) >= 11 is 0. The Morgan fingerprint density at radius 1 is 0.875 bits per heavy atom. The Kier molecular flexibility index (Phi) is 7.83. The van der Waals surface area contributed by atoms with Crippen LogP contribution in [0.15, 0.2) is 24.3 Å². The summed E-state index contributed by atoms with van der Waals surface area (Å²) < 4.78 is 27.5. The molecule has 10 heteroatoms. The minimum Gasteiger partial charge on any atom is -0.352 e. The first-order valence-corrected chi connectivity index (χ1v) is 15.1. The molecule has 0 unspecified atom stereocenters. The van der Waals surface area contributed by atoms with Crippen LogP contribution < -0.4 is 16.0 Å². The molecule has 0 radical (unpaired) electrons. The second-order valence-electron chi connectivity index (χ2n) is 12.6. The predicted molar refractivity (Wildman–Crippen MR) is 146 cm³/mol. The number of nitrogens with one attached hydrogen (secondary N) is 3. The average molecular weight is 558 g/mol. The van der Waals surface area contributed by atoms with E-state index in [0.717, 1.165) is 36.8 Å². The molecule has 3 N–H and O–H groups in total. The quantitative estimate of drug-likeness (QED) is 0.531. The average Bonchev–Trinajstić information content (AvgIpc) is 3.68. The number of hydrogen-bond donors (Lipinski definition) is 3. The molecule has 4 fully saturated rings. The summed E-state index contributed by atoms with van der Waals surface area (Å²) in [7, 11) is 0. The van der Waals surface area contributed by atoms with E-state index in [9.17, 15) is 23.2 Å². The number of fused-ring (bicyclic) bond motifs is 4. The molecule has 0 aromatic heterocycles. The van der Waals surface area contributed by atoms with Gasteiger partial charge in [0.05, 0.1) is 12.5 Å². The van der Waals surface area contributed by atoms with Crippen molar-refractivity contribution in [3.05, 3.63) is 35.4 Å². The fourth-order valence-corrected chi connectivity index (χ4v) is 7.68. The van der Waals surface area contributed by atoms with Gasteiger partial charge in [0.1, 0.15) is 6.04 Å². The summed E-state index contributed by atoms with van der Waals surface area (Å²) in [5.74, 6) is -2.93. The van der Waals surface area contributed by atoms with Crippen LogP contribution in [-0.2, 0) is 27.3 Å². The molecule has 6 rings (SSSR count). The van der Waals surface area contributed by atoms with Gasteiger partial charge in [-0.3, -0.25) is 19.3 Å². The predicted octanol–water partition coefficient (Wildman–Crippen LogP) is 2.50. The lowest BCUT2D eigenvalue weighted by Crippen LogP contribution is -2.53. The van der Waals surface area contributed by atoms with Gasteiger partial charge in [0.2, 0.25) is 23.6 Å². The van der Waals surface area contributed by atoms with Gasteiger partial charge in [-0.15, -0.1) is 0 Å². The minimum atomic E-state index is -2.60. The molecule has 3 heterocycles. The van der Waals surface area contributed by atoms with Crippen LogP contribution >= 0.6 is 0 Å². The third kappa shape index (κ3) is 5.88. The molecule has 2 saturated carbocycles. The molecular weight excluding hydrogens is 516 g/mol. The number of benzene rings is 1. The van der Waals surface area contributed by atoms with Gasteiger partial charge < -0.3 is 20.9 Å². The fourth-order valence-electron chi connectivity index (χ4n) is 7.68. The monoisotopic (exact) mass is 557 g/mol. The Balaban J connectivity index is 1.26. The lowest BCUT2D eigenvalue weighted by molar-refractivity contribution is -0.142. The number of carbonyl (C=O) groups is 3. The van der Waals surface area contributed by atoms with E-state index in [1.165, 1.54) is 0 Å². The Labute approximate surface area is 234 Å². The molecule has 2 aliphatic carbocycles. The highest BCUT2D eigenvalue weighted by molar-refractivity contribution is 5.91. The van der Waals surface area contributed by atoms with Crippen molar-refractivity contribution in [1.82, 2.24) is 25.8 Å². The standard InChI is InChI=1S/C30H41F2N5O3/c31-30(32)11-9-21(10-12-30)34-22-14-25-28(39)33-16-20-6-2-1-5-19(20)13-27(38)35-23-15-26(29(40)37(25)18-22)36(17-23)24-7-3-4-8-24/h1-2,5-6,21-26,34H,3-4,7-18H2,(H,33,39)(H,35,38)/t22-,23-,25-,26-/m0/s1.